The van der Waals surface area contributed by atoms with Gasteiger partial charge in [0, 0.05) is 0 Å². The zero-order chi connectivity index (χ0) is 46.3. The normalized spacial score (nSPS) is 44.4. The second-order valence-electron chi connectivity index (χ2n) is 28.4. The second-order valence-corrected chi connectivity index (χ2v) is 43.2. The van der Waals surface area contributed by atoms with E-state index < -0.39 is 14.4 Å². The highest BCUT2D eigenvalue weighted by Crippen LogP contribution is 2.76. The third-order valence-corrected chi connectivity index (χ3v) is 47.5. The Kier molecular flexibility index (Phi) is 18.8. The number of hydrogen-bond donors (Lipinski definition) is 0. The van der Waals surface area contributed by atoms with E-state index in [0.717, 1.165) is 140 Å². The van der Waals surface area contributed by atoms with Gasteiger partial charge in [-0.05, 0) is 217 Å². The molecule has 0 nitrogen and oxygen atoms in total. The molecule has 0 aromatic rings. The highest BCUT2D eigenvalue weighted by Gasteiger charge is 2.70. The third-order valence-electron chi connectivity index (χ3n) is 22.0. The number of hydrogen-bond acceptors (Lipinski definition) is 1. The molecule has 6 aliphatic rings. The quantitative estimate of drug-likeness (QED) is 0.156. The van der Waals surface area contributed by atoms with Gasteiger partial charge in [-0.2, -0.15) is 0 Å². The summed E-state index contributed by atoms with van der Waals surface area (Å²) in [5.74, 6) is 15.9. The lowest BCUT2D eigenvalue weighted by molar-refractivity contribution is 0.180. The molecular formula is C60H114SSi2. The maximum atomic E-state index is 3.34. The van der Waals surface area contributed by atoms with Crippen molar-refractivity contribution in [3.05, 3.63) is 0 Å². The molecule has 0 radical (unpaired) electrons. The van der Waals surface area contributed by atoms with E-state index in [-0.39, 0.29) is 0 Å². The van der Waals surface area contributed by atoms with Crippen LogP contribution in [0.25, 0.3) is 0 Å². The SMILES string of the molecule is CC1CCC(C(C)C)C([Si](S[Si](C2CC(C)CCC2C(C)C)(C2CC(C)CCC2C(C)C)C2CC(C)CCC2C(C)C)(C2CC(C)CCC2C(C)C)C2CC(C)CCC2C(C)C)C1. The Balaban J connectivity index is 1.84. The Morgan fingerprint density at radius 1 is 0.254 bits per heavy atom. The summed E-state index contributed by atoms with van der Waals surface area (Å²) in [6, 6.07) is 0. The highest BCUT2D eigenvalue weighted by molar-refractivity contribution is 8.50. The molecule has 0 spiro atoms. The zero-order valence-electron chi connectivity index (χ0n) is 46.0. The molecule has 0 amide bonds. The fourth-order valence-electron chi connectivity index (χ4n) is 18.7. The van der Waals surface area contributed by atoms with Crippen LogP contribution in [0.2, 0.25) is 33.2 Å². The minimum Gasteiger partial charge on any atom is -0.203 e. The lowest BCUT2D eigenvalue weighted by atomic mass is 9.75. The van der Waals surface area contributed by atoms with Gasteiger partial charge in [-0.3, -0.25) is 0 Å². The van der Waals surface area contributed by atoms with E-state index in [1.54, 1.807) is 38.5 Å². The molecule has 0 aromatic carbocycles. The molecule has 3 heteroatoms. The Morgan fingerprint density at radius 3 is 0.524 bits per heavy atom. The second kappa shape index (κ2) is 22.3. The van der Waals surface area contributed by atoms with Gasteiger partial charge in [-0.25, -0.2) is 10.7 Å². The first-order valence-electron chi connectivity index (χ1n) is 29.3. The van der Waals surface area contributed by atoms with Crippen LogP contribution in [0.3, 0.4) is 0 Å². The summed E-state index contributed by atoms with van der Waals surface area (Å²) in [6.07, 6.45) is 27.8. The molecule has 368 valence electrons. The van der Waals surface area contributed by atoms with E-state index in [9.17, 15) is 0 Å². The molecule has 6 fully saturated rings. The summed E-state index contributed by atoms with van der Waals surface area (Å²) >= 11 is 0. The topological polar surface area (TPSA) is 0 Å². The van der Waals surface area contributed by atoms with Gasteiger partial charge >= 0.3 is 0 Å². The summed E-state index contributed by atoms with van der Waals surface area (Å²) in [6.45, 7) is 49.7. The van der Waals surface area contributed by atoms with E-state index in [1.807, 2.05) is 0 Å². The van der Waals surface area contributed by atoms with E-state index in [4.69, 9.17) is 0 Å². The minimum atomic E-state index is -2.26. The molecule has 63 heavy (non-hydrogen) atoms. The maximum Gasteiger partial charge on any atom is 0.120 e. The van der Waals surface area contributed by atoms with Crippen molar-refractivity contribution in [2.24, 2.45) is 107 Å². The minimum absolute atomic E-state index is 0.817. The van der Waals surface area contributed by atoms with Gasteiger partial charge in [0.05, 0.1) is 0 Å². The fourth-order valence-corrected chi connectivity index (χ4v) is 58.6. The first-order chi connectivity index (χ1) is 29.6. The van der Waals surface area contributed by atoms with E-state index in [2.05, 4.69) is 135 Å². The van der Waals surface area contributed by atoms with Crippen LogP contribution in [0.4, 0.5) is 0 Å². The molecule has 0 aromatic heterocycles. The summed E-state index contributed by atoms with van der Waals surface area (Å²) in [5, 5.41) is 0. The van der Waals surface area contributed by atoms with Crippen LogP contribution < -0.4 is 0 Å². The zero-order valence-corrected chi connectivity index (χ0v) is 48.8. The molecule has 0 saturated heterocycles. The first kappa shape index (κ1) is 53.1. The molecule has 0 heterocycles. The largest absolute Gasteiger partial charge is 0.203 e. The Hall–Kier alpha value is 0.784. The van der Waals surface area contributed by atoms with Gasteiger partial charge < -0.3 is 0 Å². The van der Waals surface area contributed by atoms with Gasteiger partial charge in [-0.1, -0.05) is 163 Å². The molecule has 0 bridgehead atoms. The number of rotatable bonds is 14. The van der Waals surface area contributed by atoms with Crippen molar-refractivity contribution in [1.29, 1.82) is 0 Å². The third kappa shape index (κ3) is 11.1. The first-order valence-corrected chi connectivity index (χ1v) is 36.1. The maximum absolute atomic E-state index is 3.34. The van der Waals surface area contributed by atoms with Crippen LogP contribution >= 0.6 is 10.7 Å². The summed E-state index contributed by atoms with van der Waals surface area (Å²) in [4.78, 5) is 0. The molecule has 0 N–H and O–H groups in total. The van der Waals surface area contributed by atoms with Crippen LogP contribution in [-0.4, -0.2) is 14.4 Å². The van der Waals surface area contributed by atoms with E-state index >= 15 is 0 Å². The fraction of sp³-hybridized carbons (Fsp3) is 1.00. The Morgan fingerprint density at radius 2 is 0.397 bits per heavy atom. The molecule has 18 atom stereocenters. The molecule has 18 unspecified atom stereocenters. The average molecular weight is 924 g/mol. The van der Waals surface area contributed by atoms with Crippen LogP contribution in [0.1, 0.15) is 240 Å². The molecule has 6 rings (SSSR count). The predicted octanol–water partition coefficient (Wildman–Crippen LogP) is 20.4. The van der Waals surface area contributed by atoms with Crippen molar-refractivity contribution >= 4 is 25.1 Å². The van der Waals surface area contributed by atoms with Crippen LogP contribution in [0.5, 0.6) is 0 Å². The van der Waals surface area contributed by atoms with Gasteiger partial charge in [0.15, 0.2) is 0 Å². The van der Waals surface area contributed by atoms with Crippen molar-refractivity contribution in [3.63, 3.8) is 0 Å². The molecule has 0 aliphatic heterocycles. The standard InChI is InChI=1S/C60H114SSi2/c1-37(2)49-25-19-43(13)31-55(49)62(56-32-44(14)20-26-50(56)38(3)4,57-33-45(15)21-27-51(57)39(5)6)61-63(58-34-46(16)22-28-52(58)40(7)8,59-35-47(17)23-29-53(59)41(9)10)60-36-48(18)24-30-54(60)42(11)12/h37-60H,19-36H2,1-18H3. The Bertz CT molecular complexity index is 1120. The van der Waals surface area contributed by atoms with Crippen LogP contribution in [-0.2, 0) is 0 Å². The van der Waals surface area contributed by atoms with Gasteiger partial charge in [0.2, 0.25) is 0 Å². The lowest BCUT2D eigenvalue weighted by Gasteiger charge is -2.68. The van der Waals surface area contributed by atoms with Crippen molar-refractivity contribution in [2.75, 3.05) is 0 Å². The van der Waals surface area contributed by atoms with Crippen LogP contribution in [0.15, 0.2) is 0 Å². The van der Waals surface area contributed by atoms with Crippen LogP contribution in [0, 0.1) is 107 Å². The van der Waals surface area contributed by atoms with Crippen molar-refractivity contribution in [2.45, 2.75) is 273 Å². The molecule has 6 saturated carbocycles. The van der Waals surface area contributed by atoms with Crippen molar-refractivity contribution in [1.82, 2.24) is 0 Å². The van der Waals surface area contributed by atoms with Gasteiger partial charge in [0.25, 0.3) is 0 Å². The highest BCUT2D eigenvalue weighted by atomic mass is 32.5. The van der Waals surface area contributed by atoms with E-state index in [1.165, 1.54) is 77.0 Å². The monoisotopic (exact) mass is 923 g/mol. The molecule has 6 aliphatic carbocycles. The lowest BCUT2D eigenvalue weighted by Crippen LogP contribution is -2.65. The van der Waals surface area contributed by atoms with Crippen molar-refractivity contribution < 1.29 is 0 Å². The van der Waals surface area contributed by atoms with Gasteiger partial charge in [-0.15, -0.1) is 0 Å². The smallest absolute Gasteiger partial charge is 0.120 e. The van der Waals surface area contributed by atoms with E-state index in [0.29, 0.717) is 0 Å². The average Bonchev–Trinajstić information content (AvgIpc) is 3.20. The predicted molar refractivity (Wildman–Crippen MR) is 290 cm³/mol. The summed E-state index contributed by atoms with van der Waals surface area (Å²) in [7, 11) is -1.19. The summed E-state index contributed by atoms with van der Waals surface area (Å²) < 4.78 is 0. The molecular weight excluding hydrogens is 809 g/mol. The Labute approximate surface area is 402 Å². The van der Waals surface area contributed by atoms with Crippen molar-refractivity contribution in [3.8, 4) is 0 Å². The van der Waals surface area contributed by atoms with Gasteiger partial charge in [0.1, 0.15) is 14.4 Å². The summed E-state index contributed by atoms with van der Waals surface area (Å²) in [5.41, 5.74) is 6.01.